The molecule has 0 radical (unpaired) electrons. The summed E-state index contributed by atoms with van der Waals surface area (Å²) >= 11 is 0. The van der Waals surface area contributed by atoms with Gasteiger partial charge < -0.3 is 10.4 Å². The molecule has 0 saturated heterocycles. The van der Waals surface area contributed by atoms with E-state index in [0.717, 1.165) is 18.4 Å². The number of amides is 1. The summed E-state index contributed by atoms with van der Waals surface area (Å²) in [5.41, 5.74) is 0.759. The predicted molar refractivity (Wildman–Crippen MR) is 62.2 cm³/mol. The molecule has 1 aliphatic rings. The lowest BCUT2D eigenvalue weighted by Crippen LogP contribution is -2.32. The highest BCUT2D eigenvalue weighted by Gasteiger charge is 2.42. The van der Waals surface area contributed by atoms with Gasteiger partial charge in [-0.2, -0.15) is 0 Å². The quantitative estimate of drug-likeness (QED) is 0.836. The zero-order valence-electron chi connectivity index (χ0n) is 9.79. The predicted octanol–water partition coefficient (Wildman–Crippen LogP) is 1.64. The summed E-state index contributed by atoms with van der Waals surface area (Å²) in [7, 11) is 0. The fourth-order valence-electron chi connectivity index (χ4n) is 1.74. The molecule has 1 fully saturated rings. The van der Waals surface area contributed by atoms with Gasteiger partial charge in [0.25, 0.3) is 5.91 Å². The lowest BCUT2D eigenvalue weighted by Gasteiger charge is -2.13. The van der Waals surface area contributed by atoms with Crippen LogP contribution < -0.4 is 5.32 Å². The number of aliphatic hydroxyl groups is 1. The number of nitrogens with one attached hydrogen (secondary N) is 1. The zero-order valence-corrected chi connectivity index (χ0v) is 9.79. The van der Waals surface area contributed by atoms with Gasteiger partial charge in [-0.25, -0.2) is 4.39 Å². The first-order valence-corrected chi connectivity index (χ1v) is 5.72. The lowest BCUT2D eigenvalue weighted by atomic mass is 10.1. The summed E-state index contributed by atoms with van der Waals surface area (Å²) in [6.07, 6.45) is 1.83. The fraction of sp³-hybridized carbons (Fsp3) is 0.462. The van der Waals surface area contributed by atoms with E-state index in [0.29, 0.717) is 6.54 Å². The minimum atomic E-state index is -0.512. The highest BCUT2D eigenvalue weighted by Crippen LogP contribution is 2.44. The number of halogens is 1. The van der Waals surface area contributed by atoms with Gasteiger partial charge in [-0.3, -0.25) is 4.79 Å². The van der Waals surface area contributed by atoms with Gasteiger partial charge in [-0.1, -0.05) is 11.6 Å². The molecule has 1 aromatic rings. The van der Waals surface area contributed by atoms with Gasteiger partial charge in [0.05, 0.1) is 12.2 Å². The summed E-state index contributed by atoms with van der Waals surface area (Å²) in [6.45, 7) is 2.30. The van der Waals surface area contributed by atoms with Gasteiger partial charge in [-0.15, -0.1) is 0 Å². The van der Waals surface area contributed by atoms with E-state index < -0.39 is 11.7 Å². The monoisotopic (exact) mass is 237 g/mol. The Labute approximate surface area is 99.7 Å². The fourth-order valence-corrected chi connectivity index (χ4v) is 1.74. The Kier molecular flexibility index (Phi) is 3.15. The molecule has 92 valence electrons. The summed E-state index contributed by atoms with van der Waals surface area (Å²) < 4.78 is 13.4. The minimum absolute atomic E-state index is 0.0683. The van der Waals surface area contributed by atoms with E-state index in [1.807, 2.05) is 6.92 Å². The minimum Gasteiger partial charge on any atom is -0.396 e. The van der Waals surface area contributed by atoms with E-state index in [1.165, 1.54) is 12.1 Å². The van der Waals surface area contributed by atoms with Crippen molar-refractivity contribution in [2.24, 2.45) is 5.41 Å². The van der Waals surface area contributed by atoms with Crippen LogP contribution in [0.3, 0.4) is 0 Å². The number of hydrogen-bond donors (Lipinski definition) is 2. The van der Waals surface area contributed by atoms with Crippen molar-refractivity contribution in [1.29, 1.82) is 0 Å². The molecule has 0 spiro atoms. The molecule has 17 heavy (non-hydrogen) atoms. The maximum atomic E-state index is 13.4. The Morgan fingerprint density at radius 3 is 2.82 bits per heavy atom. The molecule has 1 aliphatic carbocycles. The van der Waals surface area contributed by atoms with Gasteiger partial charge in [0.1, 0.15) is 5.82 Å². The van der Waals surface area contributed by atoms with Crippen molar-refractivity contribution in [3.8, 4) is 0 Å². The van der Waals surface area contributed by atoms with Crippen LogP contribution in [0.1, 0.15) is 28.8 Å². The van der Waals surface area contributed by atoms with E-state index in [-0.39, 0.29) is 17.6 Å². The van der Waals surface area contributed by atoms with Crippen molar-refractivity contribution >= 4 is 5.91 Å². The number of carbonyl (C=O) groups is 1. The van der Waals surface area contributed by atoms with Gasteiger partial charge in [0.15, 0.2) is 0 Å². The Morgan fingerprint density at radius 2 is 2.24 bits per heavy atom. The topological polar surface area (TPSA) is 49.3 Å². The van der Waals surface area contributed by atoms with Crippen LogP contribution in [0, 0.1) is 18.2 Å². The second-order valence-corrected chi connectivity index (χ2v) is 4.82. The average molecular weight is 237 g/mol. The Hall–Kier alpha value is -1.42. The molecule has 0 unspecified atom stereocenters. The molecule has 3 nitrogen and oxygen atoms in total. The third-order valence-electron chi connectivity index (χ3n) is 3.28. The van der Waals surface area contributed by atoms with Crippen LogP contribution in [0.5, 0.6) is 0 Å². The summed E-state index contributed by atoms with van der Waals surface area (Å²) in [5.74, 6) is -0.923. The van der Waals surface area contributed by atoms with Crippen LogP contribution >= 0.6 is 0 Å². The number of aliphatic hydroxyl groups excluding tert-OH is 1. The van der Waals surface area contributed by atoms with Crippen molar-refractivity contribution in [1.82, 2.24) is 5.32 Å². The maximum absolute atomic E-state index is 13.4. The van der Waals surface area contributed by atoms with Crippen LogP contribution in [-0.4, -0.2) is 24.2 Å². The first kappa shape index (κ1) is 12.0. The average Bonchev–Trinajstić information content (AvgIpc) is 3.10. The molecule has 0 heterocycles. The third kappa shape index (κ3) is 2.64. The number of carbonyl (C=O) groups excluding carboxylic acids is 1. The van der Waals surface area contributed by atoms with Crippen molar-refractivity contribution in [3.05, 3.63) is 35.1 Å². The summed E-state index contributed by atoms with van der Waals surface area (Å²) in [4.78, 5) is 11.8. The first-order valence-electron chi connectivity index (χ1n) is 5.72. The van der Waals surface area contributed by atoms with Gasteiger partial charge in [0, 0.05) is 12.0 Å². The van der Waals surface area contributed by atoms with Crippen LogP contribution in [0.25, 0.3) is 0 Å². The molecule has 0 aliphatic heterocycles. The summed E-state index contributed by atoms with van der Waals surface area (Å²) in [5, 5.41) is 11.8. The number of benzene rings is 1. The van der Waals surface area contributed by atoms with E-state index in [9.17, 15) is 9.18 Å². The van der Waals surface area contributed by atoms with Crippen molar-refractivity contribution < 1.29 is 14.3 Å². The molecular formula is C13H16FNO2. The lowest BCUT2D eigenvalue weighted by molar-refractivity contribution is 0.0931. The molecule has 1 saturated carbocycles. The second-order valence-electron chi connectivity index (χ2n) is 4.82. The van der Waals surface area contributed by atoms with Crippen LogP contribution in [-0.2, 0) is 0 Å². The van der Waals surface area contributed by atoms with E-state index in [4.69, 9.17) is 5.11 Å². The SMILES string of the molecule is Cc1ccc(F)c(C(=O)NCC2(CO)CC2)c1. The first-order chi connectivity index (χ1) is 8.06. The van der Waals surface area contributed by atoms with Crippen molar-refractivity contribution in [2.45, 2.75) is 19.8 Å². The molecule has 1 amide bonds. The highest BCUT2D eigenvalue weighted by molar-refractivity contribution is 5.94. The van der Waals surface area contributed by atoms with Crippen LogP contribution in [0.15, 0.2) is 18.2 Å². The Morgan fingerprint density at radius 1 is 1.53 bits per heavy atom. The van der Waals surface area contributed by atoms with Gasteiger partial charge >= 0.3 is 0 Å². The Balaban J connectivity index is 2.02. The normalized spacial score (nSPS) is 16.6. The molecule has 4 heteroatoms. The van der Waals surface area contributed by atoms with Gasteiger partial charge in [0.2, 0.25) is 0 Å². The second kappa shape index (κ2) is 4.45. The number of aryl methyl sites for hydroxylation is 1. The van der Waals surface area contributed by atoms with Crippen molar-refractivity contribution in [2.75, 3.05) is 13.2 Å². The largest absolute Gasteiger partial charge is 0.396 e. The standard InChI is InChI=1S/C13H16FNO2/c1-9-2-3-11(14)10(6-9)12(17)15-7-13(8-16)4-5-13/h2-3,6,16H,4-5,7-8H2,1H3,(H,15,17). The maximum Gasteiger partial charge on any atom is 0.254 e. The number of hydrogen-bond acceptors (Lipinski definition) is 2. The smallest absolute Gasteiger partial charge is 0.254 e. The molecule has 1 aromatic carbocycles. The molecular weight excluding hydrogens is 221 g/mol. The Bertz CT molecular complexity index is 441. The van der Waals surface area contributed by atoms with E-state index >= 15 is 0 Å². The van der Waals surface area contributed by atoms with Crippen molar-refractivity contribution in [3.63, 3.8) is 0 Å². The van der Waals surface area contributed by atoms with Crippen LogP contribution in [0.2, 0.25) is 0 Å². The van der Waals surface area contributed by atoms with Gasteiger partial charge in [-0.05, 0) is 31.9 Å². The third-order valence-corrected chi connectivity index (χ3v) is 3.28. The van der Waals surface area contributed by atoms with E-state index in [1.54, 1.807) is 6.07 Å². The highest BCUT2D eigenvalue weighted by atomic mass is 19.1. The van der Waals surface area contributed by atoms with E-state index in [2.05, 4.69) is 5.32 Å². The number of rotatable bonds is 4. The summed E-state index contributed by atoms with van der Waals surface area (Å²) in [6, 6.07) is 4.45. The molecule has 2 rings (SSSR count). The molecule has 0 aromatic heterocycles. The molecule has 2 N–H and O–H groups in total. The van der Waals surface area contributed by atoms with Crippen LogP contribution in [0.4, 0.5) is 4.39 Å². The molecule has 0 atom stereocenters. The zero-order chi connectivity index (χ0) is 12.5. The molecule has 0 bridgehead atoms.